The molecule has 0 bridgehead atoms. The molecule has 0 aliphatic carbocycles. The van der Waals surface area contributed by atoms with E-state index in [2.05, 4.69) is 20.6 Å². The van der Waals surface area contributed by atoms with Crippen LogP contribution in [0.15, 0.2) is 77.1 Å². The van der Waals surface area contributed by atoms with E-state index >= 15 is 0 Å². The fourth-order valence-electron chi connectivity index (χ4n) is 5.38. The molecule has 3 amide bonds. The quantitative estimate of drug-likeness (QED) is 0.209. The van der Waals surface area contributed by atoms with Gasteiger partial charge in [0.15, 0.2) is 6.04 Å². The molecule has 45 heavy (non-hydrogen) atoms. The number of carboxylic acids is 1. The number of carbonyl (C=O) groups is 5. The number of β-lactam (4-membered cyclic amide) rings is 1. The maximum Gasteiger partial charge on any atom is 0.352 e. The number of hydrogen-bond donors (Lipinski definition) is 4. The van der Waals surface area contributed by atoms with Crippen LogP contribution in [0.3, 0.4) is 0 Å². The second kappa shape index (κ2) is 12.0. The molecule has 2 aromatic carbocycles. The van der Waals surface area contributed by atoms with E-state index in [-0.39, 0.29) is 29.3 Å². The Labute approximate surface area is 259 Å². The van der Waals surface area contributed by atoms with Crippen molar-refractivity contribution in [2.24, 2.45) is 4.99 Å². The largest absolute Gasteiger partial charge is 0.477 e. The number of aromatic nitrogens is 1. The number of amides is 3. The van der Waals surface area contributed by atoms with Crippen molar-refractivity contribution < 1.29 is 39.0 Å². The van der Waals surface area contributed by atoms with Crippen molar-refractivity contribution in [2.75, 3.05) is 17.4 Å². The minimum atomic E-state index is -1.36. The highest BCUT2D eigenvalue weighted by Crippen LogP contribution is 2.41. The molecule has 4 atom stereocenters. The van der Waals surface area contributed by atoms with Crippen molar-refractivity contribution in [1.82, 2.24) is 20.5 Å². The molecule has 4 N–H and O–H groups in total. The number of fused-ring (bicyclic) bond motifs is 4. The lowest BCUT2D eigenvalue weighted by molar-refractivity contribution is -0.151. The maximum absolute atomic E-state index is 13.7. The van der Waals surface area contributed by atoms with Crippen LogP contribution in [0.4, 0.5) is 11.4 Å². The smallest absolute Gasteiger partial charge is 0.352 e. The lowest BCUT2D eigenvalue weighted by Crippen LogP contribution is -2.71. The molecule has 0 radical (unpaired) electrons. The average molecular weight is 631 g/mol. The third-order valence-corrected chi connectivity index (χ3v) is 8.88. The monoisotopic (exact) mass is 630 g/mol. The van der Waals surface area contributed by atoms with Gasteiger partial charge in [-0.25, -0.2) is 9.86 Å². The molecule has 6 rings (SSSR count). The summed E-state index contributed by atoms with van der Waals surface area (Å²) in [5.74, 6) is -3.89. The molecule has 230 valence electrons. The SMILES string of the molecule is CC(=O)OCC1=C(C(=O)O)N2C(=O)[C@@H](NC(=O)C(NC(=O)C3C=Nc4c(ccc5ncccc45)N3O)c3ccccc3)[C@H]2SC1. The number of carbonyl (C=O) groups excluding carboxylic acids is 4. The number of aliphatic imine (C=N–C) groups is 1. The average Bonchev–Trinajstić information content (AvgIpc) is 3.04. The normalized spacial score (nSPS) is 20.9. The predicted molar refractivity (Wildman–Crippen MR) is 162 cm³/mol. The molecule has 3 aliphatic rings. The first-order valence-corrected chi connectivity index (χ1v) is 14.8. The summed E-state index contributed by atoms with van der Waals surface area (Å²) in [6.45, 7) is 0.920. The Balaban J connectivity index is 1.20. The van der Waals surface area contributed by atoms with E-state index in [0.717, 1.165) is 9.96 Å². The summed E-state index contributed by atoms with van der Waals surface area (Å²) < 4.78 is 4.95. The summed E-state index contributed by atoms with van der Waals surface area (Å²) in [5.41, 5.74) is 1.77. The Hall–Kier alpha value is -5.28. The molecule has 1 aromatic heterocycles. The second-order valence-corrected chi connectivity index (χ2v) is 11.5. The molecule has 0 spiro atoms. The summed E-state index contributed by atoms with van der Waals surface area (Å²) in [4.78, 5) is 73.4. The van der Waals surface area contributed by atoms with Crippen molar-refractivity contribution >= 4 is 69.9 Å². The van der Waals surface area contributed by atoms with Gasteiger partial charge in [-0.15, -0.1) is 11.8 Å². The summed E-state index contributed by atoms with van der Waals surface area (Å²) in [7, 11) is 0. The first kappa shape index (κ1) is 29.8. The van der Waals surface area contributed by atoms with Gasteiger partial charge in [0.25, 0.3) is 11.8 Å². The Bertz CT molecular complexity index is 1800. The topological polar surface area (TPSA) is 191 Å². The number of esters is 1. The number of aliphatic carboxylic acids is 1. The zero-order valence-corrected chi connectivity index (χ0v) is 24.4. The standard InChI is InChI=1S/C30H26N6O8S/c1-15(37)44-13-17-14-45-29-24(28(40)35(29)25(17)30(41)42)34-27(39)22(16-6-3-2-4-7-16)33-26(38)21-12-32-23-18-8-5-11-31-19(18)9-10-20(23)36(21)43/h2-12,21-22,24,29,43H,13-14H2,1H3,(H,33,38)(H,34,39)(H,41,42)/t21?,22?,24-,29-/m1/s1. The Morgan fingerprint density at radius 2 is 1.89 bits per heavy atom. The lowest BCUT2D eigenvalue weighted by atomic mass is 10.0. The van der Waals surface area contributed by atoms with Gasteiger partial charge in [0.1, 0.15) is 29.8 Å². The van der Waals surface area contributed by atoms with Crippen molar-refractivity contribution in [3.05, 3.63) is 77.6 Å². The summed E-state index contributed by atoms with van der Waals surface area (Å²) >= 11 is 1.22. The summed E-state index contributed by atoms with van der Waals surface area (Å²) in [5, 5.41) is 26.9. The first-order chi connectivity index (χ1) is 21.7. The number of nitrogens with one attached hydrogen (secondary N) is 2. The fraction of sp³-hybridized carbons (Fsp3) is 0.233. The Morgan fingerprint density at radius 3 is 2.62 bits per heavy atom. The Kier molecular flexibility index (Phi) is 7.95. The van der Waals surface area contributed by atoms with E-state index in [0.29, 0.717) is 22.2 Å². The number of hydroxylamine groups is 1. The van der Waals surface area contributed by atoms with Gasteiger partial charge >= 0.3 is 11.9 Å². The first-order valence-electron chi connectivity index (χ1n) is 13.7. The van der Waals surface area contributed by atoms with Crippen LogP contribution in [0.25, 0.3) is 10.9 Å². The van der Waals surface area contributed by atoms with Gasteiger partial charge < -0.3 is 20.5 Å². The predicted octanol–water partition coefficient (Wildman–Crippen LogP) is 1.67. The van der Waals surface area contributed by atoms with Gasteiger partial charge in [-0.05, 0) is 29.8 Å². The highest BCUT2D eigenvalue weighted by molar-refractivity contribution is 8.00. The Morgan fingerprint density at radius 1 is 1.11 bits per heavy atom. The highest BCUT2D eigenvalue weighted by atomic mass is 32.2. The molecule has 4 heterocycles. The van der Waals surface area contributed by atoms with Crippen LogP contribution < -0.4 is 15.7 Å². The number of rotatable bonds is 8. The highest BCUT2D eigenvalue weighted by Gasteiger charge is 2.54. The molecule has 2 unspecified atom stereocenters. The molecule has 14 nitrogen and oxygen atoms in total. The van der Waals surface area contributed by atoms with Crippen molar-refractivity contribution in [1.29, 1.82) is 0 Å². The number of nitrogens with zero attached hydrogens (tertiary/aromatic N) is 4. The number of benzene rings is 2. The van der Waals surface area contributed by atoms with Crippen LogP contribution >= 0.6 is 11.8 Å². The zero-order valence-electron chi connectivity index (χ0n) is 23.6. The summed E-state index contributed by atoms with van der Waals surface area (Å²) in [6, 6.07) is 11.5. The third kappa shape index (κ3) is 5.47. The van der Waals surface area contributed by atoms with Gasteiger partial charge in [-0.1, -0.05) is 30.3 Å². The molecule has 3 aromatic rings. The number of pyridine rings is 1. The van der Waals surface area contributed by atoms with E-state index in [9.17, 15) is 34.3 Å². The van der Waals surface area contributed by atoms with Gasteiger partial charge in [-0.3, -0.25) is 39.3 Å². The minimum absolute atomic E-state index is 0.161. The van der Waals surface area contributed by atoms with E-state index in [1.165, 1.54) is 24.9 Å². The zero-order chi connectivity index (χ0) is 31.8. The van der Waals surface area contributed by atoms with Crippen LogP contribution in [0, 0.1) is 0 Å². The van der Waals surface area contributed by atoms with Crippen LogP contribution in [-0.4, -0.2) is 85.9 Å². The number of anilines is 1. The number of thioether (sulfide) groups is 1. The molecular formula is C30H26N6O8S. The van der Waals surface area contributed by atoms with Crippen molar-refractivity contribution in [3.63, 3.8) is 0 Å². The van der Waals surface area contributed by atoms with Gasteiger partial charge in [0, 0.05) is 36.0 Å². The van der Waals surface area contributed by atoms with E-state index in [4.69, 9.17) is 4.74 Å². The molecule has 1 fully saturated rings. The van der Waals surface area contributed by atoms with Crippen LogP contribution in [0.1, 0.15) is 18.5 Å². The van der Waals surface area contributed by atoms with E-state index in [1.54, 1.807) is 60.8 Å². The number of carboxylic acid groups (broad SMARTS) is 1. The van der Waals surface area contributed by atoms with Gasteiger partial charge in [0.05, 0.1) is 16.9 Å². The second-order valence-electron chi connectivity index (χ2n) is 10.4. The fourth-order valence-corrected chi connectivity index (χ4v) is 6.70. The molecular weight excluding hydrogens is 604 g/mol. The number of ether oxygens (including phenoxy) is 1. The van der Waals surface area contributed by atoms with Crippen LogP contribution in [-0.2, 0) is 28.7 Å². The van der Waals surface area contributed by atoms with Crippen molar-refractivity contribution in [3.8, 4) is 0 Å². The molecule has 1 saturated heterocycles. The van der Waals surface area contributed by atoms with E-state index < -0.39 is 53.2 Å². The van der Waals surface area contributed by atoms with Crippen LogP contribution in [0.5, 0.6) is 0 Å². The minimum Gasteiger partial charge on any atom is -0.477 e. The maximum atomic E-state index is 13.7. The molecule has 15 heteroatoms. The number of hydrogen-bond acceptors (Lipinski definition) is 11. The molecule has 3 aliphatic heterocycles. The summed E-state index contributed by atoms with van der Waals surface area (Å²) in [6.07, 6.45) is 2.90. The lowest BCUT2D eigenvalue weighted by Gasteiger charge is -2.49. The van der Waals surface area contributed by atoms with E-state index in [1.807, 2.05) is 0 Å². The third-order valence-electron chi connectivity index (χ3n) is 7.54. The van der Waals surface area contributed by atoms with Crippen LogP contribution in [0.2, 0.25) is 0 Å². The molecule has 0 saturated carbocycles. The van der Waals surface area contributed by atoms with Gasteiger partial charge in [-0.2, -0.15) is 0 Å². The van der Waals surface area contributed by atoms with Gasteiger partial charge in [0.2, 0.25) is 5.91 Å². The van der Waals surface area contributed by atoms with Crippen molar-refractivity contribution in [2.45, 2.75) is 30.4 Å².